The van der Waals surface area contributed by atoms with E-state index in [4.69, 9.17) is 0 Å². The quantitative estimate of drug-likeness (QED) is 0.707. The molecule has 4 atom stereocenters. The van der Waals surface area contributed by atoms with Crippen LogP contribution in [0.5, 0.6) is 0 Å². The molecule has 3 rings (SSSR count). The average Bonchev–Trinajstić information content (AvgIpc) is 2.67. The van der Waals surface area contributed by atoms with Crippen molar-refractivity contribution in [2.45, 2.75) is 31.7 Å². The third kappa shape index (κ3) is 1.48. The highest BCUT2D eigenvalue weighted by Crippen LogP contribution is 2.65. The molecule has 3 saturated carbocycles. The van der Waals surface area contributed by atoms with Crippen molar-refractivity contribution in [1.29, 1.82) is 0 Å². The first-order valence-electron chi connectivity index (χ1n) is 6.11. The standard InChI is InChI=1S/C12H19NO2/c1-15-9(14)4-5-13-12-10-7-2-3-8(6-7)11(10)12/h7-8,10-13H,2-6H2,1H3. The summed E-state index contributed by atoms with van der Waals surface area (Å²) in [6.07, 6.45) is 4.92. The zero-order chi connectivity index (χ0) is 10.4. The first kappa shape index (κ1) is 9.64. The minimum atomic E-state index is -0.101. The lowest BCUT2D eigenvalue weighted by Crippen LogP contribution is -2.25. The second-order valence-corrected chi connectivity index (χ2v) is 5.29. The van der Waals surface area contributed by atoms with E-state index in [1.165, 1.54) is 26.4 Å². The first-order chi connectivity index (χ1) is 7.31. The largest absolute Gasteiger partial charge is 0.469 e. The molecule has 3 fully saturated rings. The summed E-state index contributed by atoms with van der Waals surface area (Å²) in [5, 5.41) is 3.52. The molecule has 3 heteroatoms. The van der Waals surface area contributed by atoms with Gasteiger partial charge in [-0.2, -0.15) is 0 Å². The molecular weight excluding hydrogens is 190 g/mol. The van der Waals surface area contributed by atoms with Gasteiger partial charge in [-0.25, -0.2) is 0 Å². The van der Waals surface area contributed by atoms with E-state index in [0.717, 1.165) is 36.3 Å². The predicted molar refractivity (Wildman–Crippen MR) is 56.2 cm³/mol. The second-order valence-electron chi connectivity index (χ2n) is 5.29. The third-order valence-corrected chi connectivity index (χ3v) is 4.67. The lowest BCUT2D eigenvalue weighted by molar-refractivity contribution is -0.140. The molecule has 4 unspecified atom stereocenters. The van der Waals surface area contributed by atoms with Crippen LogP contribution in [0.3, 0.4) is 0 Å². The van der Waals surface area contributed by atoms with E-state index in [9.17, 15) is 4.79 Å². The Bertz CT molecular complexity index is 263. The summed E-state index contributed by atoms with van der Waals surface area (Å²) < 4.78 is 4.62. The normalized spacial score (nSPS) is 45.3. The van der Waals surface area contributed by atoms with E-state index >= 15 is 0 Å². The van der Waals surface area contributed by atoms with Gasteiger partial charge in [-0.05, 0) is 42.9 Å². The van der Waals surface area contributed by atoms with Gasteiger partial charge in [-0.3, -0.25) is 4.79 Å². The van der Waals surface area contributed by atoms with Gasteiger partial charge < -0.3 is 10.1 Å². The fourth-order valence-corrected chi connectivity index (χ4v) is 4.04. The van der Waals surface area contributed by atoms with Crippen LogP contribution in [-0.2, 0) is 9.53 Å². The maximum atomic E-state index is 10.9. The van der Waals surface area contributed by atoms with Gasteiger partial charge in [0.05, 0.1) is 13.5 Å². The average molecular weight is 209 g/mol. The van der Waals surface area contributed by atoms with Gasteiger partial charge in [0.25, 0.3) is 0 Å². The summed E-state index contributed by atoms with van der Waals surface area (Å²) in [7, 11) is 1.45. The summed E-state index contributed by atoms with van der Waals surface area (Å²) in [4.78, 5) is 10.9. The van der Waals surface area contributed by atoms with Crippen molar-refractivity contribution in [3.05, 3.63) is 0 Å². The van der Waals surface area contributed by atoms with Crippen molar-refractivity contribution in [3.63, 3.8) is 0 Å². The molecule has 0 radical (unpaired) electrons. The molecule has 3 aliphatic rings. The Morgan fingerprint density at radius 1 is 1.33 bits per heavy atom. The molecule has 0 heterocycles. The SMILES string of the molecule is COC(=O)CCNC1C2C3CCC(C3)C12. The number of nitrogens with one attached hydrogen (secondary N) is 1. The molecule has 3 nitrogen and oxygen atoms in total. The molecule has 0 aromatic carbocycles. The van der Waals surface area contributed by atoms with Crippen LogP contribution in [0.4, 0.5) is 0 Å². The smallest absolute Gasteiger partial charge is 0.306 e. The molecule has 84 valence electrons. The van der Waals surface area contributed by atoms with Crippen LogP contribution in [0.2, 0.25) is 0 Å². The molecule has 0 amide bonds. The van der Waals surface area contributed by atoms with Gasteiger partial charge in [0.2, 0.25) is 0 Å². The summed E-state index contributed by atoms with van der Waals surface area (Å²) >= 11 is 0. The summed E-state index contributed by atoms with van der Waals surface area (Å²) in [5.74, 6) is 3.84. The molecule has 3 aliphatic carbocycles. The second kappa shape index (κ2) is 3.48. The monoisotopic (exact) mass is 209 g/mol. The van der Waals surface area contributed by atoms with E-state index in [0.29, 0.717) is 6.42 Å². The number of rotatable bonds is 4. The van der Waals surface area contributed by atoms with Crippen molar-refractivity contribution in [3.8, 4) is 0 Å². The van der Waals surface area contributed by atoms with Gasteiger partial charge in [0.15, 0.2) is 0 Å². The summed E-state index contributed by atoms with van der Waals surface area (Å²) in [6, 6.07) is 0.737. The Morgan fingerprint density at radius 2 is 2.00 bits per heavy atom. The number of hydrogen-bond donors (Lipinski definition) is 1. The van der Waals surface area contributed by atoms with Crippen LogP contribution in [0.15, 0.2) is 0 Å². The number of methoxy groups -OCH3 is 1. The summed E-state index contributed by atoms with van der Waals surface area (Å²) in [5.41, 5.74) is 0. The molecular formula is C12H19NO2. The van der Waals surface area contributed by atoms with Gasteiger partial charge >= 0.3 is 5.97 Å². The Kier molecular flexibility index (Phi) is 2.23. The molecule has 0 aliphatic heterocycles. The molecule has 0 aromatic rings. The molecule has 0 aromatic heterocycles. The van der Waals surface area contributed by atoms with E-state index in [1.807, 2.05) is 0 Å². The van der Waals surface area contributed by atoms with E-state index in [-0.39, 0.29) is 5.97 Å². The molecule has 0 spiro atoms. The van der Waals surface area contributed by atoms with Gasteiger partial charge in [0.1, 0.15) is 0 Å². The van der Waals surface area contributed by atoms with Crippen LogP contribution in [0, 0.1) is 23.7 Å². The Hall–Kier alpha value is -0.570. The maximum absolute atomic E-state index is 10.9. The lowest BCUT2D eigenvalue weighted by atomic mass is 10.0. The fourth-order valence-electron chi connectivity index (χ4n) is 4.04. The zero-order valence-corrected chi connectivity index (χ0v) is 9.24. The number of carbonyl (C=O) groups is 1. The van der Waals surface area contributed by atoms with Crippen molar-refractivity contribution in [1.82, 2.24) is 5.32 Å². The van der Waals surface area contributed by atoms with Crippen LogP contribution in [-0.4, -0.2) is 25.7 Å². The van der Waals surface area contributed by atoms with Gasteiger partial charge in [-0.1, -0.05) is 0 Å². The lowest BCUT2D eigenvalue weighted by Gasteiger charge is -2.09. The number of carbonyl (C=O) groups excluding carboxylic acids is 1. The van der Waals surface area contributed by atoms with Crippen molar-refractivity contribution in [2.24, 2.45) is 23.7 Å². The molecule has 2 bridgehead atoms. The van der Waals surface area contributed by atoms with Crippen LogP contribution < -0.4 is 5.32 Å². The Balaban J connectivity index is 1.43. The van der Waals surface area contributed by atoms with Crippen LogP contribution in [0.25, 0.3) is 0 Å². The maximum Gasteiger partial charge on any atom is 0.306 e. The highest BCUT2D eigenvalue weighted by atomic mass is 16.5. The van der Waals surface area contributed by atoms with E-state index < -0.39 is 0 Å². The minimum Gasteiger partial charge on any atom is -0.469 e. The van der Waals surface area contributed by atoms with Crippen LogP contribution in [0.1, 0.15) is 25.7 Å². The number of hydrogen-bond acceptors (Lipinski definition) is 3. The Morgan fingerprint density at radius 3 is 2.60 bits per heavy atom. The Labute approximate surface area is 90.6 Å². The predicted octanol–water partition coefficient (Wildman–Crippen LogP) is 1.18. The van der Waals surface area contributed by atoms with Crippen LogP contribution >= 0.6 is 0 Å². The number of esters is 1. The highest BCUT2D eigenvalue weighted by Gasteiger charge is 2.64. The zero-order valence-electron chi connectivity index (χ0n) is 9.24. The number of fused-ring (bicyclic) bond motifs is 5. The molecule has 0 saturated heterocycles. The van der Waals surface area contributed by atoms with Gasteiger partial charge in [0, 0.05) is 12.6 Å². The van der Waals surface area contributed by atoms with Crippen molar-refractivity contribution >= 4 is 5.97 Å². The number of ether oxygens (including phenoxy) is 1. The van der Waals surface area contributed by atoms with E-state index in [1.54, 1.807) is 0 Å². The molecule has 15 heavy (non-hydrogen) atoms. The minimum absolute atomic E-state index is 0.101. The van der Waals surface area contributed by atoms with Gasteiger partial charge in [-0.15, -0.1) is 0 Å². The fraction of sp³-hybridized carbons (Fsp3) is 0.917. The van der Waals surface area contributed by atoms with E-state index in [2.05, 4.69) is 10.1 Å². The topological polar surface area (TPSA) is 38.3 Å². The highest BCUT2D eigenvalue weighted by molar-refractivity contribution is 5.69. The van der Waals surface area contributed by atoms with Crippen molar-refractivity contribution in [2.75, 3.05) is 13.7 Å². The third-order valence-electron chi connectivity index (χ3n) is 4.67. The van der Waals surface area contributed by atoms with Crippen molar-refractivity contribution < 1.29 is 9.53 Å². The first-order valence-corrected chi connectivity index (χ1v) is 6.11. The summed E-state index contributed by atoms with van der Waals surface area (Å²) in [6.45, 7) is 0.795. The molecule has 1 N–H and O–H groups in total.